The van der Waals surface area contributed by atoms with Crippen LogP contribution in [0.3, 0.4) is 0 Å². The fourth-order valence-corrected chi connectivity index (χ4v) is 3.79. The molecule has 148 valence electrons. The fourth-order valence-electron chi connectivity index (χ4n) is 3.79. The summed E-state index contributed by atoms with van der Waals surface area (Å²) in [6.07, 6.45) is 0.421. The van der Waals surface area contributed by atoms with Crippen LogP contribution in [0.4, 0.5) is 0 Å². The molecule has 28 heavy (non-hydrogen) atoms. The van der Waals surface area contributed by atoms with Crippen molar-refractivity contribution in [3.05, 3.63) is 71.8 Å². The van der Waals surface area contributed by atoms with Crippen molar-refractivity contribution in [2.45, 2.75) is 51.9 Å². The monoisotopic (exact) mass is 381 g/mol. The predicted molar refractivity (Wildman–Crippen MR) is 107 cm³/mol. The number of carboxylic acids is 1. The number of hydrogen-bond donors (Lipinski definition) is 1. The third kappa shape index (κ3) is 4.60. The molecule has 4 atom stereocenters. The molecule has 1 N–H and O–H groups in total. The van der Waals surface area contributed by atoms with Gasteiger partial charge in [0, 0.05) is 6.04 Å². The number of nitrogens with zero attached hydrogens (tertiary/aromatic N) is 1. The van der Waals surface area contributed by atoms with Crippen LogP contribution in [0.5, 0.6) is 0 Å². The van der Waals surface area contributed by atoms with E-state index in [9.17, 15) is 14.7 Å². The minimum absolute atomic E-state index is 0.177. The largest absolute Gasteiger partial charge is 0.480 e. The second kappa shape index (κ2) is 8.15. The highest BCUT2D eigenvalue weighted by Crippen LogP contribution is 2.44. The van der Waals surface area contributed by atoms with Gasteiger partial charge in [0.1, 0.15) is 18.7 Å². The van der Waals surface area contributed by atoms with Crippen LogP contribution in [0.25, 0.3) is 0 Å². The summed E-state index contributed by atoms with van der Waals surface area (Å²) in [5, 5.41) is 9.67. The first kappa shape index (κ1) is 20.1. The molecular weight excluding hydrogens is 354 g/mol. The smallest absolute Gasteiger partial charge is 0.324 e. The highest BCUT2D eigenvalue weighted by molar-refractivity contribution is 5.83. The lowest BCUT2D eigenvalue weighted by molar-refractivity contribution is -0.150. The quantitative estimate of drug-likeness (QED) is 0.587. The number of carbonyl (C=O) groups excluding carboxylic acids is 1. The third-order valence-electron chi connectivity index (χ3n) is 5.12. The first-order valence-corrected chi connectivity index (χ1v) is 9.54. The minimum atomic E-state index is -0.895. The standard InChI is InChI=1S/C23H27NO4/c1-23(2,3)20-19(21(25)26)24(20)18(14-16-10-6-4-7-11-16)22(27)28-15-17-12-8-5-9-13-17/h4-13,18-20H,14-15H2,1-3H3,(H,25,26)/t18-,19?,20?,24?/m0/s1. The fraction of sp³-hybridized carbons (Fsp3) is 0.391. The summed E-state index contributed by atoms with van der Waals surface area (Å²) in [4.78, 5) is 26.6. The van der Waals surface area contributed by atoms with Crippen LogP contribution in [0.1, 0.15) is 31.9 Å². The van der Waals surface area contributed by atoms with E-state index in [-0.39, 0.29) is 24.0 Å². The number of esters is 1. The topological polar surface area (TPSA) is 66.6 Å². The Kier molecular flexibility index (Phi) is 5.84. The van der Waals surface area contributed by atoms with Gasteiger partial charge in [-0.3, -0.25) is 14.5 Å². The minimum Gasteiger partial charge on any atom is -0.480 e. The van der Waals surface area contributed by atoms with Crippen molar-refractivity contribution in [3.8, 4) is 0 Å². The first-order chi connectivity index (χ1) is 13.3. The zero-order valence-electron chi connectivity index (χ0n) is 16.5. The second-order valence-corrected chi connectivity index (χ2v) is 8.34. The number of rotatable bonds is 7. The number of hydrogen-bond acceptors (Lipinski definition) is 4. The van der Waals surface area contributed by atoms with Crippen molar-refractivity contribution in [1.29, 1.82) is 0 Å². The van der Waals surface area contributed by atoms with Crippen LogP contribution >= 0.6 is 0 Å². The molecule has 0 aliphatic carbocycles. The molecule has 1 fully saturated rings. The average molecular weight is 381 g/mol. The van der Waals surface area contributed by atoms with Crippen molar-refractivity contribution in [2.24, 2.45) is 5.41 Å². The van der Waals surface area contributed by atoms with E-state index in [1.165, 1.54) is 0 Å². The van der Waals surface area contributed by atoms with Gasteiger partial charge < -0.3 is 9.84 Å². The first-order valence-electron chi connectivity index (χ1n) is 9.54. The molecule has 0 amide bonds. The summed E-state index contributed by atoms with van der Waals surface area (Å²) < 4.78 is 5.58. The van der Waals surface area contributed by atoms with Crippen LogP contribution in [-0.4, -0.2) is 40.1 Å². The lowest BCUT2D eigenvalue weighted by Crippen LogP contribution is -2.37. The maximum atomic E-state index is 13.0. The van der Waals surface area contributed by atoms with Gasteiger partial charge in [-0.05, 0) is 23.0 Å². The van der Waals surface area contributed by atoms with E-state index in [4.69, 9.17) is 4.74 Å². The molecule has 0 spiro atoms. The van der Waals surface area contributed by atoms with Gasteiger partial charge >= 0.3 is 11.9 Å². The van der Waals surface area contributed by atoms with Gasteiger partial charge in [-0.15, -0.1) is 0 Å². The molecule has 3 rings (SSSR count). The van der Waals surface area contributed by atoms with Crippen LogP contribution in [-0.2, 0) is 27.4 Å². The van der Waals surface area contributed by atoms with Crippen LogP contribution < -0.4 is 0 Å². The Morgan fingerprint density at radius 1 is 1.00 bits per heavy atom. The SMILES string of the molecule is CC(C)(C)C1C(C(=O)O)N1[C@@H](Cc1ccccc1)C(=O)OCc1ccccc1. The molecule has 5 nitrogen and oxygen atoms in total. The van der Waals surface area contributed by atoms with Gasteiger partial charge in [-0.1, -0.05) is 81.4 Å². The van der Waals surface area contributed by atoms with E-state index in [2.05, 4.69) is 0 Å². The third-order valence-corrected chi connectivity index (χ3v) is 5.12. The Hall–Kier alpha value is -2.66. The molecule has 1 aliphatic heterocycles. The molecule has 1 heterocycles. The number of aliphatic carboxylic acids is 1. The number of carbonyl (C=O) groups is 2. The Balaban J connectivity index is 1.80. The van der Waals surface area contributed by atoms with Gasteiger partial charge in [-0.2, -0.15) is 0 Å². The Labute approximate surface area is 165 Å². The van der Waals surface area contributed by atoms with Crippen LogP contribution in [0.15, 0.2) is 60.7 Å². The molecule has 0 radical (unpaired) electrons. The van der Waals surface area contributed by atoms with Crippen LogP contribution in [0.2, 0.25) is 0 Å². The van der Waals surface area contributed by atoms with Crippen molar-refractivity contribution in [3.63, 3.8) is 0 Å². The maximum Gasteiger partial charge on any atom is 0.324 e. The lowest BCUT2D eigenvalue weighted by atomic mass is 9.89. The molecule has 3 unspecified atom stereocenters. The zero-order valence-corrected chi connectivity index (χ0v) is 16.5. The maximum absolute atomic E-state index is 13.0. The summed E-state index contributed by atoms with van der Waals surface area (Å²) in [6.45, 7) is 6.18. The van der Waals surface area contributed by atoms with E-state index in [1.807, 2.05) is 81.4 Å². The normalized spacial score (nSPS) is 22.3. The zero-order chi connectivity index (χ0) is 20.3. The molecule has 1 aliphatic rings. The molecule has 5 heteroatoms. The van der Waals surface area contributed by atoms with Crippen LogP contribution in [0, 0.1) is 5.41 Å². The van der Waals surface area contributed by atoms with Crippen molar-refractivity contribution in [2.75, 3.05) is 0 Å². The Bertz CT molecular complexity index is 814. The van der Waals surface area contributed by atoms with Gasteiger partial charge in [0.25, 0.3) is 0 Å². The molecule has 0 saturated carbocycles. The van der Waals surface area contributed by atoms with Gasteiger partial charge in [0.05, 0.1) is 0 Å². The molecular formula is C23H27NO4. The summed E-state index contributed by atoms with van der Waals surface area (Å²) in [5.41, 5.74) is 1.63. The molecule has 0 bridgehead atoms. The Morgan fingerprint density at radius 2 is 1.54 bits per heavy atom. The van der Waals surface area contributed by atoms with E-state index in [0.717, 1.165) is 11.1 Å². The average Bonchev–Trinajstić information content (AvgIpc) is 3.42. The van der Waals surface area contributed by atoms with Crippen molar-refractivity contribution < 1.29 is 19.4 Å². The van der Waals surface area contributed by atoms with E-state index < -0.39 is 18.1 Å². The van der Waals surface area contributed by atoms with Gasteiger partial charge in [0.2, 0.25) is 0 Å². The summed E-state index contributed by atoms with van der Waals surface area (Å²) in [5.74, 6) is -1.28. The van der Waals surface area contributed by atoms with E-state index >= 15 is 0 Å². The summed E-state index contributed by atoms with van der Waals surface area (Å²) >= 11 is 0. The summed E-state index contributed by atoms with van der Waals surface area (Å²) in [7, 11) is 0. The number of carboxylic acid groups (broad SMARTS) is 1. The van der Waals surface area contributed by atoms with Crippen molar-refractivity contribution in [1.82, 2.24) is 4.90 Å². The highest BCUT2D eigenvalue weighted by Gasteiger charge is 2.62. The van der Waals surface area contributed by atoms with Gasteiger partial charge in [-0.25, -0.2) is 0 Å². The van der Waals surface area contributed by atoms with E-state index in [1.54, 1.807) is 4.90 Å². The molecule has 0 aromatic heterocycles. The van der Waals surface area contributed by atoms with Crippen molar-refractivity contribution >= 4 is 11.9 Å². The van der Waals surface area contributed by atoms with Gasteiger partial charge in [0.15, 0.2) is 0 Å². The number of benzene rings is 2. The predicted octanol–water partition coefficient (Wildman–Crippen LogP) is 3.52. The van der Waals surface area contributed by atoms with E-state index in [0.29, 0.717) is 6.42 Å². The number of ether oxygens (including phenoxy) is 1. The highest BCUT2D eigenvalue weighted by atomic mass is 16.5. The Morgan fingerprint density at radius 3 is 2.00 bits per heavy atom. The lowest BCUT2D eigenvalue weighted by Gasteiger charge is -2.23. The second-order valence-electron chi connectivity index (χ2n) is 8.34. The molecule has 2 aromatic rings. The molecule has 1 saturated heterocycles. The summed E-state index contributed by atoms with van der Waals surface area (Å²) in [6, 6.07) is 17.6. The molecule has 2 aromatic carbocycles.